The first-order valence-electron chi connectivity index (χ1n) is 9.91. The summed E-state index contributed by atoms with van der Waals surface area (Å²) in [5.74, 6) is -1.79. The van der Waals surface area contributed by atoms with Gasteiger partial charge in [-0.25, -0.2) is 4.39 Å². The highest BCUT2D eigenvalue weighted by atomic mass is 19.4. The Balaban J connectivity index is 1.61. The quantitative estimate of drug-likeness (QED) is 0.497. The molecule has 0 saturated heterocycles. The molecule has 0 bridgehead atoms. The largest absolute Gasteiger partial charge is 0.432 e. The van der Waals surface area contributed by atoms with Gasteiger partial charge in [0, 0.05) is 35.4 Å². The topological polar surface area (TPSA) is 86.9 Å². The highest BCUT2D eigenvalue weighted by Gasteiger charge is 2.33. The van der Waals surface area contributed by atoms with Crippen molar-refractivity contribution in [3.8, 4) is 11.3 Å². The number of benzene rings is 2. The summed E-state index contributed by atoms with van der Waals surface area (Å²) in [5.41, 5.74) is 1.41. The zero-order chi connectivity index (χ0) is 23.8. The Kier molecular flexibility index (Phi) is 5.75. The molecule has 1 unspecified atom stereocenters. The van der Waals surface area contributed by atoms with E-state index in [1.54, 1.807) is 19.1 Å². The van der Waals surface area contributed by atoms with Crippen LogP contribution >= 0.6 is 0 Å². The van der Waals surface area contributed by atoms with Crippen LogP contribution in [0.4, 0.5) is 23.2 Å². The van der Waals surface area contributed by atoms with Crippen LogP contribution < -0.4 is 10.6 Å². The number of carbonyl (C=O) groups excluding carboxylic acids is 2. The van der Waals surface area contributed by atoms with Crippen LogP contribution in [0.1, 0.15) is 29.2 Å². The number of nitrogens with one attached hydrogen (secondary N) is 3. The Hall–Kier alpha value is -3.95. The summed E-state index contributed by atoms with van der Waals surface area (Å²) in [6, 6.07) is 11.2. The first kappa shape index (κ1) is 22.3. The molecule has 4 rings (SSSR count). The SMILES string of the molecule is Cc1ccc(-c2cc(C(F)(F)F)[nH]n2)cc1NC(=O)C1=CNC(=O)CC1c1ccc(F)cc1. The Labute approximate surface area is 185 Å². The number of anilines is 1. The molecule has 33 heavy (non-hydrogen) atoms. The number of H-pyrrole nitrogens is 1. The Morgan fingerprint density at radius 3 is 2.52 bits per heavy atom. The molecule has 3 aromatic rings. The van der Waals surface area contributed by atoms with Crippen LogP contribution in [0.3, 0.4) is 0 Å². The van der Waals surface area contributed by atoms with Crippen molar-refractivity contribution in [2.45, 2.75) is 25.4 Å². The molecule has 10 heteroatoms. The Bertz CT molecular complexity index is 1250. The van der Waals surface area contributed by atoms with E-state index in [9.17, 15) is 27.2 Å². The van der Waals surface area contributed by atoms with Crippen LogP contribution in [0.15, 0.2) is 60.3 Å². The first-order valence-corrected chi connectivity index (χ1v) is 9.91. The van der Waals surface area contributed by atoms with Gasteiger partial charge in [-0.15, -0.1) is 0 Å². The van der Waals surface area contributed by atoms with Crippen molar-refractivity contribution in [3.63, 3.8) is 0 Å². The maximum atomic E-state index is 13.3. The van der Waals surface area contributed by atoms with Crippen molar-refractivity contribution in [1.29, 1.82) is 0 Å². The molecule has 2 aromatic carbocycles. The van der Waals surface area contributed by atoms with Gasteiger partial charge in [-0.1, -0.05) is 24.3 Å². The van der Waals surface area contributed by atoms with Crippen molar-refractivity contribution in [1.82, 2.24) is 15.5 Å². The molecule has 1 atom stereocenters. The third-order valence-corrected chi connectivity index (χ3v) is 5.35. The summed E-state index contributed by atoms with van der Waals surface area (Å²) in [6.45, 7) is 1.74. The second kappa shape index (κ2) is 8.53. The van der Waals surface area contributed by atoms with Gasteiger partial charge in [0.2, 0.25) is 5.91 Å². The van der Waals surface area contributed by atoms with E-state index in [4.69, 9.17) is 0 Å². The molecule has 1 aromatic heterocycles. The number of nitrogens with zero attached hydrogens (tertiary/aromatic N) is 1. The van der Waals surface area contributed by atoms with E-state index in [2.05, 4.69) is 15.7 Å². The van der Waals surface area contributed by atoms with Crippen LogP contribution in [0.5, 0.6) is 0 Å². The summed E-state index contributed by atoms with van der Waals surface area (Å²) >= 11 is 0. The van der Waals surface area contributed by atoms with Gasteiger partial charge in [-0.05, 0) is 42.3 Å². The first-order chi connectivity index (χ1) is 15.6. The molecule has 2 heterocycles. The van der Waals surface area contributed by atoms with Crippen molar-refractivity contribution in [2.75, 3.05) is 5.32 Å². The predicted molar refractivity (Wildman–Crippen MR) is 112 cm³/mol. The zero-order valence-electron chi connectivity index (χ0n) is 17.3. The lowest BCUT2D eigenvalue weighted by Crippen LogP contribution is -2.32. The molecule has 3 N–H and O–H groups in total. The summed E-state index contributed by atoms with van der Waals surface area (Å²) in [5, 5.41) is 11.0. The molecule has 6 nitrogen and oxygen atoms in total. The molecule has 0 radical (unpaired) electrons. The van der Waals surface area contributed by atoms with Crippen LogP contribution in [-0.2, 0) is 15.8 Å². The van der Waals surface area contributed by atoms with E-state index in [0.29, 0.717) is 22.4 Å². The smallest absolute Gasteiger partial charge is 0.332 e. The number of amides is 2. The number of alkyl halides is 3. The summed E-state index contributed by atoms with van der Waals surface area (Å²) in [6.07, 6.45) is -3.23. The van der Waals surface area contributed by atoms with E-state index in [0.717, 1.165) is 6.07 Å². The molecule has 1 aliphatic heterocycles. The number of halogens is 4. The number of hydrogen-bond acceptors (Lipinski definition) is 3. The summed E-state index contributed by atoms with van der Waals surface area (Å²) < 4.78 is 52.0. The average molecular weight is 458 g/mol. The van der Waals surface area contributed by atoms with Crippen LogP contribution in [-0.4, -0.2) is 22.0 Å². The van der Waals surface area contributed by atoms with E-state index in [-0.39, 0.29) is 23.6 Å². The Morgan fingerprint density at radius 1 is 1.12 bits per heavy atom. The number of aromatic nitrogens is 2. The number of carbonyl (C=O) groups is 2. The van der Waals surface area contributed by atoms with E-state index < -0.39 is 29.5 Å². The van der Waals surface area contributed by atoms with Crippen LogP contribution in [0.2, 0.25) is 0 Å². The van der Waals surface area contributed by atoms with Crippen molar-refractivity contribution >= 4 is 17.5 Å². The number of aryl methyl sites for hydroxylation is 1. The maximum Gasteiger partial charge on any atom is 0.432 e. The maximum absolute atomic E-state index is 13.3. The molecule has 0 saturated carbocycles. The minimum Gasteiger partial charge on any atom is -0.332 e. The van der Waals surface area contributed by atoms with Gasteiger partial charge in [0.25, 0.3) is 5.91 Å². The second-order valence-electron chi connectivity index (χ2n) is 7.62. The molecule has 0 fully saturated rings. The minimum absolute atomic E-state index is 0.0113. The standard InChI is InChI=1S/C23H18F4N4O2/c1-12-2-3-14(19-10-20(31-30-19)23(25,26)27)8-18(12)29-22(33)17-11-28-21(32)9-16(17)13-4-6-15(24)7-5-13/h2-8,10-11,16H,9H2,1H3,(H,28,32)(H,29,33)(H,30,31). The summed E-state index contributed by atoms with van der Waals surface area (Å²) in [7, 11) is 0. The molecular formula is C23H18F4N4O2. The average Bonchev–Trinajstić information content (AvgIpc) is 3.27. The highest BCUT2D eigenvalue weighted by Crippen LogP contribution is 2.33. The van der Waals surface area contributed by atoms with Crippen molar-refractivity contribution in [3.05, 3.63) is 82.9 Å². The molecule has 170 valence electrons. The van der Waals surface area contributed by atoms with Gasteiger partial charge >= 0.3 is 6.18 Å². The fourth-order valence-electron chi connectivity index (χ4n) is 3.55. The van der Waals surface area contributed by atoms with Gasteiger partial charge in [0.15, 0.2) is 0 Å². The van der Waals surface area contributed by atoms with Gasteiger partial charge in [0.05, 0.1) is 5.69 Å². The van der Waals surface area contributed by atoms with Gasteiger partial charge in [-0.2, -0.15) is 18.3 Å². The van der Waals surface area contributed by atoms with E-state index >= 15 is 0 Å². The molecular weight excluding hydrogens is 440 g/mol. The number of hydrogen-bond donors (Lipinski definition) is 3. The Morgan fingerprint density at radius 2 is 1.85 bits per heavy atom. The molecule has 0 aliphatic carbocycles. The van der Waals surface area contributed by atoms with Crippen molar-refractivity contribution in [2.24, 2.45) is 0 Å². The van der Waals surface area contributed by atoms with Crippen LogP contribution in [0, 0.1) is 12.7 Å². The molecule has 2 amide bonds. The molecule has 0 spiro atoms. The third-order valence-electron chi connectivity index (χ3n) is 5.35. The van der Waals surface area contributed by atoms with Gasteiger partial charge < -0.3 is 10.6 Å². The van der Waals surface area contributed by atoms with Crippen molar-refractivity contribution < 1.29 is 27.2 Å². The third kappa shape index (κ3) is 4.79. The highest BCUT2D eigenvalue weighted by molar-refractivity contribution is 6.07. The van der Waals surface area contributed by atoms with Crippen LogP contribution in [0.25, 0.3) is 11.3 Å². The lowest BCUT2D eigenvalue weighted by atomic mass is 9.86. The normalized spacial score (nSPS) is 16.2. The predicted octanol–water partition coefficient (Wildman–Crippen LogP) is 4.67. The monoisotopic (exact) mass is 458 g/mol. The lowest BCUT2D eigenvalue weighted by molar-refractivity contribution is -0.141. The fourth-order valence-corrected chi connectivity index (χ4v) is 3.55. The van der Waals surface area contributed by atoms with E-state index in [1.807, 2.05) is 5.10 Å². The minimum atomic E-state index is -4.56. The summed E-state index contributed by atoms with van der Waals surface area (Å²) in [4.78, 5) is 25.0. The van der Waals surface area contributed by atoms with Gasteiger partial charge in [0.1, 0.15) is 11.5 Å². The fraction of sp³-hybridized carbons (Fsp3) is 0.174. The number of aromatic amines is 1. The number of rotatable bonds is 4. The lowest BCUT2D eigenvalue weighted by Gasteiger charge is -2.24. The van der Waals surface area contributed by atoms with Gasteiger partial charge in [-0.3, -0.25) is 14.7 Å². The second-order valence-corrected chi connectivity index (χ2v) is 7.62. The van der Waals surface area contributed by atoms with E-state index in [1.165, 1.54) is 36.5 Å². The zero-order valence-corrected chi connectivity index (χ0v) is 17.3. The molecule has 1 aliphatic rings.